The van der Waals surface area contributed by atoms with Crippen molar-refractivity contribution in [3.05, 3.63) is 39.8 Å². The Balaban J connectivity index is 2.59. The summed E-state index contributed by atoms with van der Waals surface area (Å²) in [6.07, 6.45) is 0. The highest BCUT2D eigenvalue weighted by molar-refractivity contribution is 7.15. The van der Waals surface area contributed by atoms with E-state index in [0.29, 0.717) is 21.2 Å². The largest absolute Gasteiger partial charge is 0.399 e. The van der Waals surface area contributed by atoms with Gasteiger partial charge >= 0.3 is 0 Å². The lowest BCUT2D eigenvalue weighted by molar-refractivity contribution is 0.637. The summed E-state index contributed by atoms with van der Waals surface area (Å²) in [4.78, 5) is 0. The van der Waals surface area contributed by atoms with Gasteiger partial charge in [-0.2, -0.15) is 0 Å². The van der Waals surface area contributed by atoms with Crippen LogP contribution in [0.2, 0.25) is 4.34 Å². The maximum Gasteiger partial charge on any atom is 0.143 e. The second kappa shape index (κ2) is 3.59. The Morgan fingerprint density at radius 2 is 2.14 bits per heavy atom. The van der Waals surface area contributed by atoms with Gasteiger partial charge in [0, 0.05) is 16.6 Å². The number of hydrogen-bond donors (Lipinski definition) is 1. The number of halogens is 2. The lowest BCUT2D eigenvalue weighted by Gasteiger charge is -2.00. The van der Waals surface area contributed by atoms with E-state index in [1.807, 2.05) is 0 Å². The highest BCUT2D eigenvalue weighted by Gasteiger charge is 2.11. The van der Waals surface area contributed by atoms with Crippen LogP contribution in [0.5, 0.6) is 0 Å². The summed E-state index contributed by atoms with van der Waals surface area (Å²) in [7, 11) is 0. The minimum Gasteiger partial charge on any atom is -0.399 e. The van der Waals surface area contributed by atoms with Crippen molar-refractivity contribution in [2.75, 3.05) is 5.73 Å². The second-order valence-electron chi connectivity index (χ2n) is 2.86. The van der Waals surface area contributed by atoms with Crippen molar-refractivity contribution in [3.8, 4) is 11.1 Å². The van der Waals surface area contributed by atoms with E-state index in [9.17, 15) is 4.39 Å². The molecule has 0 radical (unpaired) electrons. The topological polar surface area (TPSA) is 26.0 Å². The molecular weight excluding hydrogens is 221 g/mol. The van der Waals surface area contributed by atoms with Crippen LogP contribution in [0.25, 0.3) is 11.1 Å². The molecule has 4 heteroatoms. The molecule has 0 amide bonds. The first-order valence-electron chi connectivity index (χ1n) is 3.97. The number of thiophene rings is 1. The Bertz CT molecular complexity index is 447. The Hall–Kier alpha value is -1.06. The molecule has 0 saturated carbocycles. The standard InChI is InChI=1S/C10H7ClFNS/c11-10-9(8(12)5-14-10)6-2-1-3-7(13)4-6/h1-5H,13H2. The zero-order valence-corrected chi connectivity index (χ0v) is 8.70. The first kappa shape index (κ1) is 9.49. The molecular formula is C10H7ClFNS. The summed E-state index contributed by atoms with van der Waals surface area (Å²) in [5, 5.41) is 1.39. The van der Waals surface area contributed by atoms with Gasteiger partial charge in [0.05, 0.1) is 0 Å². The molecule has 0 aliphatic rings. The summed E-state index contributed by atoms with van der Waals surface area (Å²) >= 11 is 7.05. The first-order chi connectivity index (χ1) is 6.68. The fraction of sp³-hybridized carbons (Fsp3) is 0. The molecule has 1 aromatic heterocycles. The van der Waals surface area contributed by atoms with Crippen molar-refractivity contribution in [1.29, 1.82) is 0 Å². The second-order valence-corrected chi connectivity index (χ2v) is 4.34. The third-order valence-electron chi connectivity index (χ3n) is 1.88. The highest BCUT2D eigenvalue weighted by Crippen LogP contribution is 2.36. The fourth-order valence-electron chi connectivity index (χ4n) is 1.26. The average Bonchev–Trinajstić information content (AvgIpc) is 2.46. The number of nitrogen functional groups attached to an aromatic ring is 1. The molecule has 0 unspecified atom stereocenters. The van der Waals surface area contributed by atoms with Gasteiger partial charge in [-0.3, -0.25) is 0 Å². The zero-order valence-electron chi connectivity index (χ0n) is 7.13. The number of anilines is 1. The molecule has 2 aromatic rings. The van der Waals surface area contributed by atoms with Gasteiger partial charge < -0.3 is 5.73 Å². The molecule has 14 heavy (non-hydrogen) atoms. The van der Waals surface area contributed by atoms with Gasteiger partial charge in [-0.1, -0.05) is 23.7 Å². The molecule has 1 nitrogen and oxygen atoms in total. The van der Waals surface area contributed by atoms with Gasteiger partial charge in [0.1, 0.15) is 10.2 Å². The van der Waals surface area contributed by atoms with Crippen molar-refractivity contribution in [2.24, 2.45) is 0 Å². The van der Waals surface area contributed by atoms with Gasteiger partial charge in [-0.25, -0.2) is 4.39 Å². The van der Waals surface area contributed by atoms with E-state index in [4.69, 9.17) is 17.3 Å². The van der Waals surface area contributed by atoms with Crippen LogP contribution in [0, 0.1) is 5.82 Å². The van der Waals surface area contributed by atoms with Gasteiger partial charge in [0.2, 0.25) is 0 Å². The molecule has 1 heterocycles. The van der Waals surface area contributed by atoms with Gasteiger partial charge in [0.15, 0.2) is 0 Å². The predicted octanol–water partition coefficient (Wildman–Crippen LogP) is 3.79. The van der Waals surface area contributed by atoms with Crippen molar-refractivity contribution in [1.82, 2.24) is 0 Å². The van der Waals surface area contributed by atoms with E-state index in [-0.39, 0.29) is 5.82 Å². The highest BCUT2D eigenvalue weighted by atomic mass is 35.5. The van der Waals surface area contributed by atoms with Crippen molar-refractivity contribution in [2.45, 2.75) is 0 Å². The van der Waals surface area contributed by atoms with Crippen LogP contribution < -0.4 is 5.73 Å². The van der Waals surface area contributed by atoms with Crippen LogP contribution in [0.4, 0.5) is 10.1 Å². The maximum absolute atomic E-state index is 13.3. The van der Waals surface area contributed by atoms with Crippen LogP contribution in [0.15, 0.2) is 29.6 Å². The lowest BCUT2D eigenvalue weighted by atomic mass is 10.1. The number of nitrogens with two attached hydrogens (primary N) is 1. The van der Waals surface area contributed by atoms with Crippen LogP contribution in [-0.2, 0) is 0 Å². The van der Waals surface area contributed by atoms with Crippen molar-refractivity contribution in [3.63, 3.8) is 0 Å². The quantitative estimate of drug-likeness (QED) is 0.737. The molecule has 0 aliphatic heterocycles. The maximum atomic E-state index is 13.3. The van der Waals surface area contributed by atoms with E-state index < -0.39 is 0 Å². The molecule has 72 valence electrons. The number of rotatable bonds is 1. The summed E-state index contributed by atoms with van der Waals surface area (Å²) in [5.74, 6) is -0.300. The predicted molar refractivity (Wildman–Crippen MR) is 59.1 cm³/mol. The molecule has 2 N–H and O–H groups in total. The first-order valence-corrected chi connectivity index (χ1v) is 5.22. The SMILES string of the molecule is Nc1cccc(-c2c(F)csc2Cl)c1. The van der Waals surface area contributed by atoms with Crippen molar-refractivity contribution >= 4 is 28.6 Å². The van der Waals surface area contributed by atoms with Crippen LogP contribution >= 0.6 is 22.9 Å². The Morgan fingerprint density at radius 3 is 2.71 bits per heavy atom. The van der Waals surface area contributed by atoms with E-state index in [0.717, 1.165) is 0 Å². The lowest BCUT2D eigenvalue weighted by Crippen LogP contribution is -1.85. The van der Waals surface area contributed by atoms with Gasteiger partial charge in [-0.05, 0) is 17.7 Å². The van der Waals surface area contributed by atoms with E-state index in [2.05, 4.69) is 0 Å². The molecule has 0 saturated heterocycles. The Morgan fingerprint density at radius 1 is 1.36 bits per heavy atom. The normalized spacial score (nSPS) is 10.4. The van der Waals surface area contributed by atoms with Crippen LogP contribution in [0.1, 0.15) is 0 Å². The third kappa shape index (κ3) is 1.61. The zero-order chi connectivity index (χ0) is 10.1. The molecule has 0 bridgehead atoms. The molecule has 0 aliphatic carbocycles. The average molecular weight is 228 g/mol. The van der Waals surface area contributed by atoms with E-state index in [1.54, 1.807) is 24.3 Å². The molecule has 2 rings (SSSR count). The van der Waals surface area contributed by atoms with Crippen LogP contribution in [0.3, 0.4) is 0 Å². The summed E-state index contributed by atoms with van der Waals surface area (Å²) in [6, 6.07) is 7.02. The molecule has 0 spiro atoms. The number of benzene rings is 1. The Kier molecular flexibility index (Phi) is 2.44. The van der Waals surface area contributed by atoms with Gasteiger partial charge in [0.25, 0.3) is 0 Å². The Labute approximate surface area is 89.9 Å². The molecule has 1 aromatic carbocycles. The van der Waals surface area contributed by atoms with Gasteiger partial charge in [-0.15, -0.1) is 11.3 Å². The molecule has 0 fully saturated rings. The fourth-order valence-corrected chi connectivity index (χ4v) is 2.25. The third-order valence-corrected chi connectivity index (χ3v) is 3.07. The number of hydrogen-bond acceptors (Lipinski definition) is 2. The summed E-state index contributed by atoms with van der Waals surface area (Å²) in [5.41, 5.74) is 7.35. The summed E-state index contributed by atoms with van der Waals surface area (Å²) < 4.78 is 13.8. The smallest absolute Gasteiger partial charge is 0.143 e. The minimum atomic E-state index is -0.300. The monoisotopic (exact) mass is 227 g/mol. The molecule has 0 atom stereocenters. The van der Waals surface area contributed by atoms with E-state index in [1.165, 1.54) is 16.7 Å². The van der Waals surface area contributed by atoms with E-state index >= 15 is 0 Å². The minimum absolute atomic E-state index is 0.300. The van der Waals surface area contributed by atoms with Crippen molar-refractivity contribution < 1.29 is 4.39 Å². The van der Waals surface area contributed by atoms with Crippen LogP contribution in [-0.4, -0.2) is 0 Å². The summed E-state index contributed by atoms with van der Waals surface area (Å²) in [6.45, 7) is 0.